The van der Waals surface area contributed by atoms with Crippen molar-refractivity contribution < 1.29 is 14.3 Å². The smallest absolute Gasteiger partial charge is 0.221 e. The Balaban J connectivity index is 1.97. The van der Waals surface area contributed by atoms with Crippen LogP contribution in [-0.2, 0) is 14.3 Å². The first-order valence-electron chi connectivity index (χ1n) is 5.54. The lowest BCUT2D eigenvalue weighted by atomic mass is 10.1. The van der Waals surface area contributed by atoms with Gasteiger partial charge in [0.15, 0.2) is 6.29 Å². The molecule has 0 spiro atoms. The molecule has 17 heavy (non-hydrogen) atoms. The molecule has 90 valence electrons. The molecule has 0 bridgehead atoms. The third kappa shape index (κ3) is 3.41. The lowest BCUT2D eigenvalue weighted by Gasteiger charge is -2.08. The number of primary amides is 1. The average molecular weight is 233 g/mol. The van der Waals surface area contributed by atoms with Crippen LogP contribution < -0.4 is 5.73 Å². The molecule has 4 heteroatoms. The second kappa shape index (κ2) is 5.61. The highest BCUT2D eigenvalue weighted by Crippen LogP contribution is 2.23. The monoisotopic (exact) mass is 233 g/mol. The van der Waals surface area contributed by atoms with E-state index in [0.717, 1.165) is 11.1 Å². The first-order chi connectivity index (χ1) is 8.25. The van der Waals surface area contributed by atoms with Gasteiger partial charge in [-0.05, 0) is 5.56 Å². The van der Waals surface area contributed by atoms with E-state index >= 15 is 0 Å². The summed E-state index contributed by atoms with van der Waals surface area (Å²) in [4.78, 5) is 10.6. The largest absolute Gasteiger partial charge is 0.369 e. The maximum absolute atomic E-state index is 10.6. The molecule has 1 aliphatic heterocycles. The molecule has 1 aromatic rings. The van der Waals surface area contributed by atoms with Gasteiger partial charge in [-0.1, -0.05) is 36.4 Å². The van der Waals surface area contributed by atoms with Crippen LogP contribution in [0.3, 0.4) is 0 Å². The fourth-order valence-corrected chi connectivity index (χ4v) is 1.63. The van der Waals surface area contributed by atoms with E-state index in [1.165, 1.54) is 0 Å². The molecule has 0 unspecified atom stereocenters. The number of amides is 1. The van der Waals surface area contributed by atoms with E-state index < -0.39 is 0 Å². The lowest BCUT2D eigenvalue weighted by Crippen LogP contribution is -2.07. The Bertz CT molecular complexity index is 405. The zero-order valence-corrected chi connectivity index (χ0v) is 9.46. The fourth-order valence-electron chi connectivity index (χ4n) is 1.63. The lowest BCUT2D eigenvalue weighted by molar-refractivity contribution is -0.117. The Labute approximate surface area is 100 Å². The summed E-state index contributed by atoms with van der Waals surface area (Å²) < 4.78 is 10.8. The molecule has 2 N–H and O–H groups in total. The Morgan fingerprint density at radius 2 is 1.94 bits per heavy atom. The molecule has 4 nitrogen and oxygen atoms in total. The molecule has 0 aromatic heterocycles. The minimum Gasteiger partial charge on any atom is -0.369 e. The molecule has 1 amide bonds. The summed E-state index contributed by atoms with van der Waals surface area (Å²) in [5.74, 6) is -0.328. The number of nitrogens with two attached hydrogens (primary N) is 1. The number of hydrogen-bond acceptors (Lipinski definition) is 3. The number of hydrogen-bond donors (Lipinski definition) is 1. The van der Waals surface area contributed by atoms with Crippen LogP contribution in [0.5, 0.6) is 0 Å². The summed E-state index contributed by atoms with van der Waals surface area (Å²) in [5.41, 5.74) is 7.07. The molecule has 1 heterocycles. The number of carbonyl (C=O) groups is 1. The van der Waals surface area contributed by atoms with Crippen LogP contribution in [0.25, 0.3) is 6.08 Å². The highest BCUT2D eigenvalue weighted by Gasteiger charge is 2.17. The SMILES string of the molecule is NC(=O)CC=Cc1ccc(C2OCCO2)cc1. The van der Waals surface area contributed by atoms with Gasteiger partial charge >= 0.3 is 0 Å². The molecule has 1 fully saturated rings. The van der Waals surface area contributed by atoms with E-state index in [2.05, 4.69) is 0 Å². The van der Waals surface area contributed by atoms with Crippen molar-refractivity contribution in [1.82, 2.24) is 0 Å². The molecule has 0 saturated carbocycles. The molecule has 1 aliphatic rings. The number of benzene rings is 1. The molecule has 0 aliphatic carbocycles. The first-order valence-corrected chi connectivity index (χ1v) is 5.54. The van der Waals surface area contributed by atoms with Crippen molar-refractivity contribution in [2.45, 2.75) is 12.7 Å². The van der Waals surface area contributed by atoms with E-state index in [9.17, 15) is 4.79 Å². The van der Waals surface area contributed by atoms with Gasteiger partial charge in [-0.15, -0.1) is 0 Å². The van der Waals surface area contributed by atoms with Crippen LogP contribution in [0.15, 0.2) is 30.3 Å². The van der Waals surface area contributed by atoms with Gasteiger partial charge in [-0.25, -0.2) is 0 Å². The second-order valence-electron chi connectivity index (χ2n) is 3.81. The highest BCUT2D eigenvalue weighted by atomic mass is 16.7. The van der Waals surface area contributed by atoms with E-state index in [-0.39, 0.29) is 18.6 Å². The minimum atomic E-state index is -0.328. The van der Waals surface area contributed by atoms with Crippen LogP contribution >= 0.6 is 0 Å². The van der Waals surface area contributed by atoms with Gasteiger partial charge in [0.2, 0.25) is 5.91 Å². The predicted octanol–water partition coefficient (Wildman–Crippen LogP) is 1.62. The van der Waals surface area contributed by atoms with E-state index in [4.69, 9.17) is 15.2 Å². The summed E-state index contributed by atoms with van der Waals surface area (Å²) >= 11 is 0. The summed E-state index contributed by atoms with van der Waals surface area (Å²) in [6.07, 6.45) is 3.64. The van der Waals surface area contributed by atoms with Crippen LogP contribution in [0.4, 0.5) is 0 Å². The second-order valence-corrected chi connectivity index (χ2v) is 3.81. The number of carbonyl (C=O) groups excluding carboxylic acids is 1. The van der Waals surface area contributed by atoms with Gasteiger partial charge in [0, 0.05) is 12.0 Å². The summed E-state index contributed by atoms with van der Waals surface area (Å²) in [7, 11) is 0. The van der Waals surface area contributed by atoms with Crippen molar-refractivity contribution in [3.63, 3.8) is 0 Å². The Morgan fingerprint density at radius 3 is 2.53 bits per heavy atom. The van der Waals surface area contributed by atoms with Gasteiger partial charge < -0.3 is 15.2 Å². The highest BCUT2D eigenvalue weighted by molar-refractivity contribution is 5.76. The molecule has 0 radical (unpaired) electrons. The van der Waals surface area contributed by atoms with Crippen molar-refractivity contribution in [2.75, 3.05) is 13.2 Å². The average Bonchev–Trinajstić information content (AvgIpc) is 2.83. The fraction of sp³-hybridized carbons (Fsp3) is 0.308. The minimum absolute atomic E-state index is 0.237. The molecule has 1 aromatic carbocycles. The van der Waals surface area contributed by atoms with E-state index in [0.29, 0.717) is 13.2 Å². The van der Waals surface area contributed by atoms with Gasteiger partial charge in [0.05, 0.1) is 13.2 Å². The maximum Gasteiger partial charge on any atom is 0.221 e. The standard InChI is InChI=1S/C13H15NO3/c14-12(15)3-1-2-10-4-6-11(7-5-10)13-16-8-9-17-13/h1-2,4-7,13H,3,8-9H2,(H2,14,15). The third-order valence-electron chi connectivity index (χ3n) is 2.46. The van der Waals surface area contributed by atoms with Crippen molar-refractivity contribution >= 4 is 12.0 Å². The number of rotatable bonds is 4. The van der Waals surface area contributed by atoms with E-state index in [1.54, 1.807) is 6.08 Å². The topological polar surface area (TPSA) is 61.6 Å². The van der Waals surface area contributed by atoms with E-state index in [1.807, 2.05) is 30.3 Å². The maximum atomic E-state index is 10.6. The van der Waals surface area contributed by atoms with Gasteiger partial charge in [0.25, 0.3) is 0 Å². The Morgan fingerprint density at radius 1 is 1.29 bits per heavy atom. The van der Waals surface area contributed by atoms with Crippen molar-refractivity contribution in [2.24, 2.45) is 5.73 Å². The van der Waals surface area contributed by atoms with Gasteiger partial charge in [-0.3, -0.25) is 4.79 Å². The summed E-state index contributed by atoms with van der Waals surface area (Å²) in [6.45, 7) is 1.29. The summed E-state index contributed by atoms with van der Waals surface area (Å²) in [6, 6.07) is 7.83. The summed E-state index contributed by atoms with van der Waals surface area (Å²) in [5, 5.41) is 0. The van der Waals surface area contributed by atoms with Crippen molar-refractivity contribution in [3.8, 4) is 0 Å². The zero-order valence-electron chi connectivity index (χ0n) is 9.46. The molecular weight excluding hydrogens is 218 g/mol. The van der Waals surface area contributed by atoms with Crippen molar-refractivity contribution in [3.05, 3.63) is 41.5 Å². The van der Waals surface area contributed by atoms with Gasteiger partial charge in [0.1, 0.15) is 0 Å². The number of ether oxygens (including phenoxy) is 2. The van der Waals surface area contributed by atoms with Crippen LogP contribution in [0.1, 0.15) is 23.8 Å². The Hall–Kier alpha value is -1.65. The molecular formula is C13H15NO3. The normalized spacial score (nSPS) is 16.7. The van der Waals surface area contributed by atoms with Crippen LogP contribution in [-0.4, -0.2) is 19.1 Å². The molecule has 1 saturated heterocycles. The quantitative estimate of drug-likeness (QED) is 0.859. The third-order valence-corrected chi connectivity index (χ3v) is 2.46. The first kappa shape index (κ1) is 11.8. The Kier molecular flexibility index (Phi) is 3.90. The molecule has 0 atom stereocenters. The van der Waals surface area contributed by atoms with Crippen LogP contribution in [0, 0.1) is 0 Å². The van der Waals surface area contributed by atoms with Crippen LogP contribution in [0.2, 0.25) is 0 Å². The molecule has 2 rings (SSSR count). The zero-order chi connectivity index (χ0) is 12.1. The van der Waals surface area contributed by atoms with Crippen molar-refractivity contribution in [1.29, 1.82) is 0 Å². The van der Waals surface area contributed by atoms with Gasteiger partial charge in [-0.2, -0.15) is 0 Å². The predicted molar refractivity (Wildman–Crippen MR) is 63.9 cm³/mol.